The summed E-state index contributed by atoms with van der Waals surface area (Å²) in [4.78, 5) is 22.4. The van der Waals surface area contributed by atoms with Gasteiger partial charge in [0.05, 0.1) is 13.1 Å². The Bertz CT molecular complexity index is 546. The zero-order chi connectivity index (χ0) is 17.9. The molecule has 0 fully saturated rings. The van der Waals surface area contributed by atoms with E-state index in [1.54, 1.807) is 0 Å². The molecule has 1 aromatic carbocycles. The summed E-state index contributed by atoms with van der Waals surface area (Å²) in [7, 11) is 6.09. The van der Waals surface area contributed by atoms with Crippen molar-refractivity contribution in [1.29, 1.82) is 0 Å². The van der Waals surface area contributed by atoms with Gasteiger partial charge >= 0.3 is 12.1 Å². The van der Waals surface area contributed by atoms with Crippen LogP contribution in [0.1, 0.15) is 11.1 Å². The standard InChI is InChI=1S/C14H22N8O2/c1-15-13(23)21(3)19-17-9-11-5-7-12(8-6-11)10-18-20-22(4)14(24)16-2/h5-8H,9-10H2,1-4H3,(H,15,23)(H,16,24). The highest BCUT2D eigenvalue weighted by Gasteiger charge is 2.03. The van der Waals surface area contributed by atoms with Gasteiger partial charge in [0.15, 0.2) is 0 Å². The average Bonchev–Trinajstić information content (AvgIpc) is 2.61. The summed E-state index contributed by atoms with van der Waals surface area (Å²) in [5, 5.41) is 22.6. The predicted molar refractivity (Wildman–Crippen MR) is 88.0 cm³/mol. The number of rotatable bonds is 6. The lowest BCUT2D eigenvalue weighted by atomic mass is 10.1. The summed E-state index contributed by atoms with van der Waals surface area (Å²) in [6.45, 7) is 0.727. The molecule has 10 nitrogen and oxygen atoms in total. The van der Waals surface area contributed by atoms with Crippen LogP contribution in [0.15, 0.2) is 44.9 Å². The molecule has 2 N–H and O–H groups in total. The van der Waals surface area contributed by atoms with E-state index in [1.807, 2.05) is 24.3 Å². The van der Waals surface area contributed by atoms with Gasteiger partial charge in [-0.05, 0) is 11.1 Å². The van der Waals surface area contributed by atoms with E-state index in [9.17, 15) is 9.59 Å². The topological polar surface area (TPSA) is 114 Å². The van der Waals surface area contributed by atoms with Gasteiger partial charge in [0.2, 0.25) is 0 Å². The molecule has 0 unspecified atom stereocenters. The highest BCUT2D eigenvalue weighted by Crippen LogP contribution is 2.08. The van der Waals surface area contributed by atoms with E-state index >= 15 is 0 Å². The number of hydrogen-bond acceptors (Lipinski definition) is 6. The summed E-state index contributed by atoms with van der Waals surface area (Å²) >= 11 is 0. The third-order valence-corrected chi connectivity index (χ3v) is 2.94. The Labute approximate surface area is 140 Å². The fourth-order valence-electron chi connectivity index (χ4n) is 1.57. The van der Waals surface area contributed by atoms with E-state index in [2.05, 4.69) is 31.3 Å². The summed E-state index contributed by atoms with van der Waals surface area (Å²) in [5.41, 5.74) is 1.90. The van der Waals surface area contributed by atoms with Crippen molar-refractivity contribution in [3.05, 3.63) is 35.4 Å². The fraction of sp³-hybridized carbons (Fsp3) is 0.429. The van der Waals surface area contributed by atoms with Crippen molar-refractivity contribution in [2.75, 3.05) is 28.2 Å². The lowest BCUT2D eigenvalue weighted by Gasteiger charge is -2.08. The van der Waals surface area contributed by atoms with Gasteiger partial charge in [0.1, 0.15) is 0 Å². The van der Waals surface area contributed by atoms with Crippen molar-refractivity contribution in [3.8, 4) is 0 Å². The van der Waals surface area contributed by atoms with Crippen molar-refractivity contribution >= 4 is 12.1 Å². The zero-order valence-electron chi connectivity index (χ0n) is 14.2. The maximum absolute atomic E-state index is 11.2. The first-order valence-corrected chi connectivity index (χ1v) is 7.21. The van der Waals surface area contributed by atoms with Crippen LogP contribution in [0.3, 0.4) is 0 Å². The van der Waals surface area contributed by atoms with Crippen LogP contribution in [0.4, 0.5) is 9.59 Å². The molecular formula is C14H22N8O2. The average molecular weight is 334 g/mol. The minimum absolute atomic E-state index is 0.332. The Balaban J connectivity index is 2.48. The monoisotopic (exact) mass is 334 g/mol. The second-order valence-electron chi connectivity index (χ2n) is 4.75. The first-order chi connectivity index (χ1) is 11.5. The number of hydrogen-bond donors (Lipinski definition) is 2. The number of urea groups is 2. The van der Waals surface area contributed by atoms with E-state index in [4.69, 9.17) is 0 Å². The molecule has 4 amide bonds. The Morgan fingerprint density at radius 2 is 1.17 bits per heavy atom. The minimum atomic E-state index is -0.332. The largest absolute Gasteiger partial charge is 0.340 e. The molecule has 0 saturated heterocycles. The molecule has 0 aliphatic carbocycles. The number of nitrogens with zero attached hydrogens (tertiary/aromatic N) is 6. The van der Waals surface area contributed by atoms with Crippen LogP contribution in [0.25, 0.3) is 0 Å². The number of benzene rings is 1. The lowest BCUT2D eigenvalue weighted by molar-refractivity contribution is 0.208. The van der Waals surface area contributed by atoms with Crippen LogP contribution >= 0.6 is 0 Å². The second kappa shape index (κ2) is 9.87. The number of carbonyl (C=O) groups is 2. The van der Waals surface area contributed by atoms with Gasteiger partial charge in [-0.2, -0.15) is 10.2 Å². The van der Waals surface area contributed by atoms with Crippen LogP contribution in [0.2, 0.25) is 0 Å². The molecule has 0 bridgehead atoms. The van der Waals surface area contributed by atoms with E-state index in [-0.39, 0.29) is 12.1 Å². The highest BCUT2D eigenvalue weighted by molar-refractivity contribution is 5.73. The van der Waals surface area contributed by atoms with Gasteiger partial charge in [0.25, 0.3) is 0 Å². The summed E-state index contributed by atoms with van der Waals surface area (Å²) < 4.78 is 0. The van der Waals surface area contributed by atoms with Gasteiger partial charge in [-0.3, -0.25) is 0 Å². The quantitative estimate of drug-likeness (QED) is 0.611. The third-order valence-electron chi connectivity index (χ3n) is 2.94. The summed E-state index contributed by atoms with van der Waals surface area (Å²) in [5.74, 6) is 0. The molecule has 0 spiro atoms. The Morgan fingerprint density at radius 1 is 0.833 bits per heavy atom. The Kier molecular flexibility index (Phi) is 7.82. The fourth-order valence-corrected chi connectivity index (χ4v) is 1.57. The van der Waals surface area contributed by atoms with E-state index in [1.165, 1.54) is 28.2 Å². The number of carbonyl (C=O) groups excluding carboxylic acids is 2. The van der Waals surface area contributed by atoms with Crippen molar-refractivity contribution in [2.45, 2.75) is 13.1 Å². The zero-order valence-corrected chi connectivity index (χ0v) is 14.2. The molecule has 0 atom stereocenters. The molecule has 1 rings (SSSR count). The smallest absolute Gasteiger partial charge is 0.338 e. The minimum Gasteiger partial charge on any atom is -0.340 e. The molecule has 10 heteroatoms. The molecule has 0 aliphatic heterocycles. The molecule has 24 heavy (non-hydrogen) atoms. The Morgan fingerprint density at radius 3 is 1.46 bits per heavy atom. The van der Waals surface area contributed by atoms with Gasteiger partial charge in [-0.15, -0.1) is 0 Å². The van der Waals surface area contributed by atoms with Crippen LogP contribution in [-0.2, 0) is 13.1 Å². The van der Waals surface area contributed by atoms with Gasteiger partial charge in [-0.25, -0.2) is 19.6 Å². The second-order valence-corrected chi connectivity index (χ2v) is 4.75. The molecule has 0 aromatic heterocycles. The van der Waals surface area contributed by atoms with E-state index in [0.717, 1.165) is 21.1 Å². The van der Waals surface area contributed by atoms with Gasteiger partial charge in [-0.1, -0.05) is 34.7 Å². The molecule has 1 aromatic rings. The van der Waals surface area contributed by atoms with Crippen molar-refractivity contribution in [3.63, 3.8) is 0 Å². The lowest BCUT2D eigenvalue weighted by Crippen LogP contribution is -2.30. The van der Waals surface area contributed by atoms with E-state index in [0.29, 0.717) is 13.1 Å². The first-order valence-electron chi connectivity index (χ1n) is 7.21. The van der Waals surface area contributed by atoms with Crippen LogP contribution < -0.4 is 10.6 Å². The van der Waals surface area contributed by atoms with Gasteiger partial charge in [0, 0.05) is 28.2 Å². The molecular weight excluding hydrogens is 312 g/mol. The van der Waals surface area contributed by atoms with E-state index < -0.39 is 0 Å². The molecule has 0 heterocycles. The van der Waals surface area contributed by atoms with Crippen LogP contribution in [0.5, 0.6) is 0 Å². The maximum Gasteiger partial charge on any atom is 0.338 e. The third kappa shape index (κ3) is 6.38. The summed E-state index contributed by atoms with van der Waals surface area (Å²) in [6.07, 6.45) is 0. The predicted octanol–water partition coefficient (Wildman–Crippen LogP) is 1.96. The Hall–Kier alpha value is -3.04. The normalized spacial score (nSPS) is 10.8. The van der Waals surface area contributed by atoms with Crippen molar-refractivity contribution < 1.29 is 9.59 Å². The first kappa shape index (κ1) is 19.0. The highest BCUT2D eigenvalue weighted by atomic mass is 16.2. The maximum atomic E-state index is 11.2. The molecule has 0 saturated carbocycles. The number of amides is 4. The molecule has 0 radical (unpaired) electrons. The summed E-state index contributed by atoms with van der Waals surface area (Å²) in [6, 6.07) is 6.92. The van der Waals surface area contributed by atoms with Gasteiger partial charge < -0.3 is 10.6 Å². The molecule has 0 aliphatic rings. The van der Waals surface area contributed by atoms with Crippen molar-refractivity contribution in [1.82, 2.24) is 20.7 Å². The number of nitrogens with one attached hydrogen (secondary N) is 2. The van der Waals surface area contributed by atoms with Crippen LogP contribution in [-0.4, -0.2) is 50.3 Å². The van der Waals surface area contributed by atoms with Crippen molar-refractivity contribution in [2.24, 2.45) is 20.7 Å². The molecule has 130 valence electrons. The van der Waals surface area contributed by atoms with Crippen LogP contribution in [0, 0.1) is 0 Å². The SMILES string of the molecule is CNC(=O)N(C)N=NCc1ccc(CN=NN(C)C(=O)NC)cc1.